The maximum absolute atomic E-state index is 12.1. The van der Waals surface area contributed by atoms with Crippen molar-refractivity contribution in [2.24, 2.45) is 17.3 Å². The van der Waals surface area contributed by atoms with Crippen molar-refractivity contribution >= 4 is 23.1 Å². The summed E-state index contributed by atoms with van der Waals surface area (Å²) in [7, 11) is 0. The third-order valence-corrected chi connectivity index (χ3v) is 4.07. The maximum Gasteiger partial charge on any atom is 0.137 e. The Morgan fingerprint density at radius 3 is 1.63 bits per heavy atom. The number of Topliss-reactive ketones (excluding diaryl/α,β-unsaturated/α-hetero) is 4. The van der Waals surface area contributed by atoms with Crippen molar-refractivity contribution in [1.82, 2.24) is 0 Å². The molecular formula is C15H24O4. The molecule has 4 heteroatoms. The highest BCUT2D eigenvalue weighted by atomic mass is 16.1. The zero-order chi connectivity index (χ0) is 15.4. The second-order valence-corrected chi connectivity index (χ2v) is 5.43. The van der Waals surface area contributed by atoms with Crippen molar-refractivity contribution in [3.63, 3.8) is 0 Å². The molecule has 0 rings (SSSR count). The molecular weight excluding hydrogens is 244 g/mol. The van der Waals surface area contributed by atoms with Crippen LogP contribution in [0.15, 0.2) is 0 Å². The summed E-state index contributed by atoms with van der Waals surface area (Å²) in [5.41, 5.74) is -1.05. The summed E-state index contributed by atoms with van der Waals surface area (Å²) in [4.78, 5) is 47.2. The topological polar surface area (TPSA) is 68.3 Å². The third-order valence-electron chi connectivity index (χ3n) is 4.07. The summed E-state index contributed by atoms with van der Waals surface area (Å²) in [5, 5.41) is 0. The van der Waals surface area contributed by atoms with E-state index in [4.69, 9.17) is 0 Å². The Kier molecular flexibility index (Phi) is 6.27. The van der Waals surface area contributed by atoms with E-state index in [1.807, 2.05) is 0 Å². The fourth-order valence-corrected chi connectivity index (χ4v) is 2.95. The molecule has 0 spiro atoms. The van der Waals surface area contributed by atoms with Crippen LogP contribution in [0.25, 0.3) is 0 Å². The van der Waals surface area contributed by atoms with E-state index in [9.17, 15) is 19.2 Å². The molecule has 0 N–H and O–H groups in total. The fraction of sp³-hybridized carbons (Fsp3) is 0.733. The van der Waals surface area contributed by atoms with Gasteiger partial charge in [0.25, 0.3) is 0 Å². The van der Waals surface area contributed by atoms with E-state index in [1.165, 1.54) is 27.7 Å². The Balaban J connectivity index is 5.88. The number of hydrogen-bond donors (Lipinski definition) is 0. The van der Waals surface area contributed by atoms with Gasteiger partial charge in [-0.25, -0.2) is 0 Å². The van der Waals surface area contributed by atoms with Crippen LogP contribution in [-0.4, -0.2) is 23.1 Å². The standard InChI is InChI=1S/C15H24O4/c1-7-15(13(6)19,8-9(2)16)14(12(5)18)10(3)11(4)17/h10,14H,7-8H2,1-6H3. The van der Waals surface area contributed by atoms with Gasteiger partial charge in [0.1, 0.15) is 23.1 Å². The van der Waals surface area contributed by atoms with Gasteiger partial charge in [0.05, 0.1) is 0 Å². The summed E-state index contributed by atoms with van der Waals surface area (Å²) < 4.78 is 0. The first-order valence-corrected chi connectivity index (χ1v) is 6.61. The lowest BCUT2D eigenvalue weighted by Gasteiger charge is -2.38. The van der Waals surface area contributed by atoms with E-state index in [1.54, 1.807) is 13.8 Å². The minimum atomic E-state index is -1.05. The van der Waals surface area contributed by atoms with Crippen LogP contribution in [0.2, 0.25) is 0 Å². The highest BCUT2D eigenvalue weighted by molar-refractivity contribution is 5.97. The van der Waals surface area contributed by atoms with Crippen LogP contribution in [-0.2, 0) is 19.2 Å². The Bertz CT molecular complexity index is 397. The Hall–Kier alpha value is -1.32. The first kappa shape index (κ1) is 17.7. The van der Waals surface area contributed by atoms with Crippen LogP contribution < -0.4 is 0 Å². The van der Waals surface area contributed by atoms with Crippen LogP contribution >= 0.6 is 0 Å². The highest BCUT2D eigenvalue weighted by Gasteiger charge is 2.48. The van der Waals surface area contributed by atoms with Gasteiger partial charge in [-0.05, 0) is 34.1 Å². The summed E-state index contributed by atoms with van der Waals surface area (Å²) in [6.07, 6.45) is 0.393. The Morgan fingerprint density at radius 1 is 0.947 bits per heavy atom. The molecule has 3 atom stereocenters. The van der Waals surface area contributed by atoms with Crippen LogP contribution in [0.4, 0.5) is 0 Å². The number of hydrogen-bond acceptors (Lipinski definition) is 4. The molecule has 0 aromatic carbocycles. The van der Waals surface area contributed by atoms with E-state index in [2.05, 4.69) is 0 Å². The monoisotopic (exact) mass is 268 g/mol. The van der Waals surface area contributed by atoms with Gasteiger partial charge >= 0.3 is 0 Å². The summed E-state index contributed by atoms with van der Waals surface area (Å²) in [5.74, 6) is -1.96. The van der Waals surface area contributed by atoms with Gasteiger partial charge in [0, 0.05) is 23.7 Å². The molecule has 0 bridgehead atoms. The van der Waals surface area contributed by atoms with E-state index in [0.29, 0.717) is 6.42 Å². The predicted octanol–water partition coefficient (Wildman–Crippen LogP) is 2.38. The van der Waals surface area contributed by atoms with Crippen molar-refractivity contribution in [3.8, 4) is 0 Å². The molecule has 0 saturated carbocycles. The minimum absolute atomic E-state index is 0.0146. The molecule has 3 unspecified atom stereocenters. The van der Waals surface area contributed by atoms with Gasteiger partial charge in [0.2, 0.25) is 0 Å². The predicted molar refractivity (Wildman–Crippen MR) is 72.7 cm³/mol. The lowest BCUT2D eigenvalue weighted by molar-refractivity contribution is -0.146. The first-order valence-electron chi connectivity index (χ1n) is 6.61. The maximum atomic E-state index is 12.1. The smallest absolute Gasteiger partial charge is 0.137 e. The van der Waals surface area contributed by atoms with Gasteiger partial charge in [-0.1, -0.05) is 13.8 Å². The van der Waals surface area contributed by atoms with Gasteiger partial charge in [-0.3, -0.25) is 19.2 Å². The van der Waals surface area contributed by atoms with E-state index >= 15 is 0 Å². The lowest BCUT2D eigenvalue weighted by Crippen LogP contribution is -2.46. The molecule has 0 aliphatic rings. The molecule has 0 aliphatic carbocycles. The number of ketones is 4. The molecule has 108 valence electrons. The summed E-state index contributed by atoms with van der Waals surface area (Å²) >= 11 is 0. The average Bonchev–Trinajstić information content (AvgIpc) is 2.25. The first-order chi connectivity index (χ1) is 8.60. The SMILES string of the molecule is CCC(CC(C)=O)(C(C)=O)C(C(C)=O)C(C)C(C)=O. The van der Waals surface area contributed by atoms with Crippen molar-refractivity contribution in [3.05, 3.63) is 0 Å². The van der Waals surface area contributed by atoms with E-state index in [0.717, 1.165) is 0 Å². The van der Waals surface area contributed by atoms with Crippen LogP contribution in [0.3, 0.4) is 0 Å². The molecule has 0 aromatic rings. The van der Waals surface area contributed by atoms with Crippen molar-refractivity contribution in [2.75, 3.05) is 0 Å². The molecule has 19 heavy (non-hydrogen) atoms. The Morgan fingerprint density at radius 2 is 1.42 bits per heavy atom. The van der Waals surface area contributed by atoms with Crippen LogP contribution in [0, 0.1) is 17.3 Å². The zero-order valence-corrected chi connectivity index (χ0v) is 12.7. The van der Waals surface area contributed by atoms with Gasteiger partial charge in [-0.15, -0.1) is 0 Å². The fourth-order valence-electron chi connectivity index (χ4n) is 2.95. The molecule has 0 aliphatic heterocycles. The van der Waals surface area contributed by atoms with Crippen molar-refractivity contribution in [1.29, 1.82) is 0 Å². The molecule has 0 amide bonds. The number of rotatable bonds is 8. The lowest BCUT2D eigenvalue weighted by atomic mass is 9.61. The second-order valence-electron chi connectivity index (χ2n) is 5.43. The minimum Gasteiger partial charge on any atom is -0.300 e. The van der Waals surface area contributed by atoms with Crippen molar-refractivity contribution < 1.29 is 19.2 Å². The quantitative estimate of drug-likeness (QED) is 0.677. The van der Waals surface area contributed by atoms with Crippen LogP contribution in [0.5, 0.6) is 0 Å². The molecule has 0 heterocycles. The average molecular weight is 268 g/mol. The zero-order valence-electron chi connectivity index (χ0n) is 12.7. The van der Waals surface area contributed by atoms with Gasteiger partial charge in [-0.2, -0.15) is 0 Å². The molecule has 0 radical (unpaired) electrons. The number of carbonyl (C=O) groups excluding carboxylic acids is 4. The highest BCUT2D eigenvalue weighted by Crippen LogP contribution is 2.42. The van der Waals surface area contributed by atoms with Gasteiger partial charge < -0.3 is 0 Å². The molecule has 0 fully saturated rings. The molecule has 0 aromatic heterocycles. The Labute approximate surface area is 114 Å². The summed E-state index contributed by atoms with van der Waals surface area (Å²) in [6, 6.07) is 0. The van der Waals surface area contributed by atoms with E-state index < -0.39 is 17.3 Å². The number of carbonyl (C=O) groups is 4. The van der Waals surface area contributed by atoms with Crippen molar-refractivity contribution in [2.45, 2.75) is 54.4 Å². The summed E-state index contributed by atoms with van der Waals surface area (Å²) in [6.45, 7) is 9.04. The van der Waals surface area contributed by atoms with E-state index in [-0.39, 0.29) is 29.6 Å². The largest absolute Gasteiger partial charge is 0.300 e. The van der Waals surface area contributed by atoms with Crippen LogP contribution in [0.1, 0.15) is 54.4 Å². The molecule has 0 saturated heterocycles. The third kappa shape index (κ3) is 3.82. The second kappa shape index (κ2) is 6.73. The molecule has 4 nitrogen and oxygen atoms in total. The normalized spacial score (nSPS) is 17.2. The van der Waals surface area contributed by atoms with Gasteiger partial charge in [0.15, 0.2) is 0 Å².